The van der Waals surface area contributed by atoms with Crippen LogP contribution in [0, 0.1) is 11.8 Å². The van der Waals surface area contributed by atoms with Gasteiger partial charge in [0.15, 0.2) is 0 Å². The van der Waals surface area contributed by atoms with E-state index in [2.05, 4.69) is 9.62 Å². The Kier molecular flexibility index (Phi) is 7.07. The molecule has 2 atom stereocenters. The molecular formula is C17H27ClN2O3S. The molecule has 1 aliphatic carbocycles. The van der Waals surface area contributed by atoms with Gasteiger partial charge in [0.2, 0.25) is 10.0 Å². The van der Waals surface area contributed by atoms with Crippen LogP contribution in [0.15, 0.2) is 35.2 Å². The molecule has 1 aromatic rings. The van der Waals surface area contributed by atoms with E-state index in [1.165, 1.54) is 12.8 Å². The maximum atomic E-state index is 12.6. The summed E-state index contributed by atoms with van der Waals surface area (Å²) in [6.07, 6.45) is 3.46. The SMILES string of the molecule is COCCCN1C[C@H](NS(=O)(=O)c2ccccc2)[C@@H](C2CC2)C1.Cl. The number of methoxy groups -OCH3 is 1. The molecule has 1 N–H and O–H groups in total. The molecule has 24 heavy (non-hydrogen) atoms. The molecule has 0 spiro atoms. The van der Waals surface area contributed by atoms with Gasteiger partial charge in [-0.15, -0.1) is 12.4 Å². The van der Waals surface area contributed by atoms with Crippen LogP contribution in [-0.2, 0) is 14.8 Å². The van der Waals surface area contributed by atoms with Gasteiger partial charge in [-0.25, -0.2) is 13.1 Å². The maximum Gasteiger partial charge on any atom is 0.240 e. The number of likely N-dealkylation sites (tertiary alicyclic amines) is 1. The summed E-state index contributed by atoms with van der Waals surface area (Å²) < 4.78 is 33.3. The number of benzene rings is 1. The van der Waals surface area contributed by atoms with Gasteiger partial charge in [-0.2, -0.15) is 0 Å². The fourth-order valence-electron chi connectivity index (χ4n) is 3.52. The highest BCUT2D eigenvalue weighted by Gasteiger charge is 2.43. The van der Waals surface area contributed by atoms with Crippen molar-refractivity contribution in [3.05, 3.63) is 30.3 Å². The van der Waals surface area contributed by atoms with Crippen LogP contribution in [0.5, 0.6) is 0 Å². The molecule has 1 aromatic carbocycles. The molecule has 5 nitrogen and oxygen atoms in total. The molecule has 7 heteroatoms. The average molecular weight is 375 g/mol. The summed E-state index contributed by atoms with van der Waals surface area (Å²) in [4.78, 5) is 2.73. The molecule has 1 aliphatic heterocycles. The third-order valence-corrected chi connectivity index (χ3v) is 6.36. The Labute approximate surface area is 151 Å². The second-order valence-corrected chi connectivity index (χ2v) is 8.36. The van der Waals surface area contributed by atoms with Gasteiger partial charge in [-0.05, 0) is 43.2 Å². The molecule has 1 saturated heterocycles. The van der Waals surface area contributed by atoms with Crippen LogP contribution in [0.3, 0.4) is 0 Å². The molecule has 0 radical (unpaired) electrons. The number of halogens is 1. The smallest absolute Gasteiger partial charge is 0.240 e. The number of sulfonamides is 1. The number of ether oxygens (including phenoxy) is 1. The average Bonchev–Trinajstić information content (AvgIpc) is 3.31. The molecule has 0 bridgehead atoms. The normalized spacial score (nSPS) is 24.7. The largest absolute Gasteiger partial charge is 0.385 e. The Morgan fingerprint density at radius 3 is 2.54 bits per heavy atom. The van der Waals surface area contributed by atoms with Crippen molar-refractivity contribution < 1.29 is 13.2 Å². The van der Waals surface area contributed by atoms with Crippen molar-refractivity contribution in [1.82, 2.24) is 9.62 Å². The highest BCUT2D eigenvalue weighted by Crippen LogP contribution is 2.41. The van der Waals surface area contributed by atoms with Gasteiger partial charge < -0.3 is 9.64 Å². The minimum atomic E-state index is -3.43. The Hall–Kier alpha value is -0.660. The van der Waals surface area contributed by atoms with Crippen molar-refractivity contribution in [1.29, 1.82) is 0 Å². The minimum Gasteiger partial charge on any atom is -0.385 e. The van der Waals surface area contributed by atoms with E-state index in [9.17, 15) is 8.42 Å². The van der Waals surface area contributed by atoms with Crippen molar-refractivity contribution in [2.45, 2.75) is 30.2 Å². The molecule has 2 fully saturated rings. The summed E-state index contributed by atoms with van der Waals surface area (Å²) >= 11 is 0. The van der Waals surface area contributed by atoms with Crippen molar-refractivity contribution in [3.8, 4) is 0 Å². The van der Waals surface area contributed by atoms with Gasteiger partial charge in [0.05, 0.1) is 4.90 Å². The number of rotatable bonds is 8. The molecule has 3 rings (SSSR count). The first kappa shape index (κ1) is 19.7. The van der Waals surface area contributed by atoms with E-state index in [0.717, 1.165) is 32.7 Å². The van der Waals surface area contributed by atoms with E-state index < -0.39 is 10.0 Å². The van der Waals surface area contributed by atoms with Gasteiger partial charge in [0, 0.05) is 39.4 Å². The molecule has 2 aliphatic rings. The second-order valence-electron chi connectivity index (χ2n) is 6.65. The summed E-state index contributed by atoms with van der Waals surface area (Å²) in [6.45, 7) is 3.53. The van der Waals surface area contributed by atoms with Crippen LogP contribution < -0.4 is 4.72 Å². The van der Waals surface area contributed by atoms with Crippen molar-refractivity contribution in [2.24, 2.45) is 11.8 Å². The lowest BCUT2D eigenvalue weighted by atomic mass is 9.99. The van der Waals surface area contributed by atoms with Gasteiger partial charge in [-0.3, -0.25) is 0 Å². The van der Waals surface area contributed by atoms with E-state index >= 15 is 0 Å². The fourth-order valence-corrected chi connectivity index (χ4v) is 4.82. The maximum absolute atomic E-state index is 12.6. The number of hydrogen-bond acceptors (Lipinski definition) is 4. The minimum absolute atomic E-state index is 0. The van der Waals surface area contributed by atoms with Crippen LogP contribution in [0.1, 0.15) is 19.3 Å². The van der Waals surface area contributed by atoms with Crippen LogP contribution in [-0.4, -0.2) is 52.7 Å². The third-order valence-electron chi connectivity index (χ3n) is 4.85. The molecular weight excluding hydrogens is 348 g/mol. The van der Waals surface area contributed by atoms with E-state index in [-0.39, 0.29) is 18.4 Å². The monoisotopic (exact) mass is 374 g/mol. The molecule has 1 heterocycles. The zero-order chi connectivity index (χ0) is 16.3. The van der Waals surface area contributed by atoms with Crippen molar-refractivity contribution in [3.63, 3.8) is 0 Å². The van der Waals surface area contributed by atoms with Gasteiger partial charge >= 0.3 is 0 Å². The summed E-state index contributed by atoms with van der Waals surface area (Å²) in [7, 11) is -1.72. The van der Waals surface area contributed by atoms with Gasteiger partial charge in [0.25, 0.3) is 0 Å². The zero-order valence-electron chi connectivity index (χ0n) is 14.1. The number of hydrogen-bond donors (Lipinski definition) is 1. The summed E-state index contributed by atoms with van der Waals surface area (Å²) in [5.41, 5.74) is 0. The van der Waals surface area contributed by atoms with Gasteiger partial charge in [0.1, 0.15) is 0 Å². The molecule has 1 saturated carbocycles. The van der Waals surface area contributed by atoms with E-state index in [1.54, 1.807) is 31.4 Å². The highest BCUT2D eigenvalue weighted by atomic mass is 35.5. The number of nitrogens with one attached hydrogen (secondary N) is 1. The lowest BCUT2D eigenvalue weighted by Gasteiger charge is -2.19. The van der Waals surface area contributed by atoms with Crippen LogP contribution in [0.2, 0.25) is 0 Å². The Balaban J connectivity index is 0.00000208. The van der Waals surface area contributed by atoms with Crippen LogP contribution >= 0.6 is 12.4 Å². The first-order valence-corrected chi connectivity index (χ1v) is 9.87. The van der Waals surface area contributed by atoms with Crippen molar-refractivity contribution in [2.75, 3.05) is 33.4 Å². The predicted molar refractivity (Wildman–Crippen MR) is 96.9 cm³/mol. The highest BCUT2D eigenvalue weighted by molar-refractivity contribution is 7.89. The summed E-state index contributed by atoms with van der Waals surface area (Å²) in [6, 6.07) is 8.69. The van der Waals surface area contributed by atoms with Crippen molar-refractivity contribution >= 4 is 22.4 Å². The topological polar surface area (TPSA) is 58.6 Å². The zero-order valence-corrected chi connectivity index (χ0v) is 15.7. The Morgan fingerprint density at radius 1 is 1.21 bits per heavy atom. The van der Waals surface area contributed by atoms with Gasteiger partial charge in [-0.1, -0.05) is 18.2 Å². The van der Waals surface area contributed by atoms with E-state index in [4.69, 9.17) is 4.74 Å². The van der Waals surface area contributed by atoms with Crippen LogP contribution in [0.25, 0.3) is 0 Å². The summed E-state index contributed by atoms with van der Waals surface area (Å²) in [5.74, 6) is 1.13. The van der Waals surface area contributed by atoms with Crippen LogP contribution in [0.4, 0.5) is 0 Å². The standard InChI is InChI=1S/C17H26N2O3S.ClH/c1-22-11-5-10-19-12-16(14-8-9-14)17(13-19)18-23(20,21)15-6-3-2-4-7-15;/h2-4,6-7,14,16-18H,5,8-13H2,1H3;1H/t16-,17+;/m1./s1. The van der Waals surface area contributed by atoms with E-state index in [1.807, 2.05) is 6.07 Å². The molecule has 0 aromatic heterocycles. The van der Waals surface area contributed by atoms with E-state index in [0.29, 0.717) is 16.7 Å². The second kappa shape index (κ2) is 8.63. The lowest BCUT2D eigenvalue weighted by molar-refractivity contribution is 0.177. The molecule has 136 valence electrons. The summed E-state index contributed by atoms with van der Waals surface area (Å²) in [5, 5.41) is 0. The lowest BCUT2D eigenvalue weighted by Crippen LogP contribution is -2.41. The fraction of sp³-hybridized carbons (Fsp3) is 0.647. The first-order valence-electron chi connectivity index (χ1n) is 8.39. The Morgan fingerprint density at radius 2 is 1.92 bits per heavy atom. The predicted octanol–water partition coefficient (Wildman–Crippen LogP) is 2.13. The quantitative estimate of drug-likeness (QED) is 0.708. The Bertz CT molecular complexity index is 608. The first-order chi connectivity index (χ1) is 11.1. The molecule has 0 unspecified atom stereocenters. The third kappa shape index (κ3) is 4.92. The number of nitrogens with zero attached hydrogens (tertiary/aromatic N) is 1. The molecule has 0 amide bonds.